The van der Waals surface area contributed by atoms with Gasteiger partial charge in [0.2, 0.25) is 0 Å². The first-order valence-corrected chi connectivity index (χ1v) is 7.72. The second-order valence-corrected chi connectivity index (χ2v) is 6.64. The number of thioether (sulfide) groups is 1. The van der Waals surface area contributed by atoms with E-state index in [1.165, 1.54) is 4.88 Å². The number of nitrogens with zero attached hydrogens (tertiary/aromatic N) is 2. The van der Waals surface area contributed by atoms with Crippen molar-refractivity contribution in [2.24, 2.45) is 5.73 Å². The van der Waals surface area contributed by atoms with Crippen LogP contribution in [0.25, 0.3) is 0 Å². The molecule has 2 unspecified atom stereocenters. The first-order chi connectivity index (χ1) is 8.70. The predicted octanol–water partition coefficient (Wildman–Crippen LogP) is 3.76. The van der Waals surface area contributed by atoms with Gasteiger partial charge in [-0.3, -0.25) is 0 Å². The molecule has 0 amide bonds. The number of thiophene rings is 1. The molecular weight excluding hydrogens is 286 g/mol. The van der Waals surface area contributed by atoms with Crippen LogP contribution >= 0.6 is 34.7 Å². The maximum atomic E-state index is 6.19. The normalized spacial score (nSPS) is 14.4. The number of hydrogen-bond donors (Lipinski definition) is 1. The van der Waals surface area contributed by atoms with Gasteiger partial charge in [-0.1, -0.05) is 30.3 Å². The van der Waals surface area contributed by atoms with E-state index < -0.39 is 0 Å². The zero-order valence-corrected chi connectivity index (χ0v) is 12.3. The average molecular weight is 300 g/mol. The molecule has 2 heterocycles. The molecular formula is C12H14ClN3S2. The van der Waals surface area contributed by atoms with Gasteiger partial charge in [0, 0.05) is 23.3 Å². The molecule has 0 bridgehead atoms. The second-order valence-electron chi connectivity index (χ2n) is 3.78. The largest absolute Gasteiger partial charge is 0.326 e. The van der Waals surface area contributed by atoms with Gasteiger partial charge in [0.05, 0.1) is 9.59 Å². The van der Waals surface area contributed by atoms with Gasteiger partial charge >= 0.3 is 0 Å². The monoisotopic (exact) mass is 299 g/mol. The third-order valence-electron chi connectivity index (χ3n) is 2.51. The van der Waals surface area contributed by atoms with Crippen molar-refractivity contribution in [2.45, 2.75) is 29.8 Å². The summed E-state index contributed by atoms with van der Waals surface area (Å²) in [5, 5.41) is 0.894. The SMILES string of the molecule is CCC(N)C(Sc1ncccn1)c1ccc(Cl)s1. The van der Waals surface area contributed by atoms with Gasteiger partial charge in [0.15, 0.2) is 5.16 Å². The Labute approximate surface area is 120 Å². The Kier molecular flexibility index (Phi) is 5.00. The molecule has 2 N–H and O–H groups in total. The smallest absolute Gasteiger partial charge is 0.188 e. The average Bonchev–Trinajstić information content (AvgIpc) is 2.83. The van der Waals surface area contributed by atoms with Gasteiger partial charge in [-0.2, -0.15) is 0 Å². The number of hydrogen-bond acceptors (Lipinski definition) is 5. The van der Waals surface area contributed by atoms with Crippen LogP contribution in [0.1, 0.15) is 23.5 Å². The maximum absolute atomic E-state index is 6.19. The van der Waals surface area contributed by atoms with E-state index in [-0.39, 0.29) is 11.3 Å². The Balaban J connectivity index is 2.21. The second kappa shape index (κ2) is 6.52. The fourth-order valence-electron chi connectivity index (χ4n) is 1.51. The highest BCUT2D eigenvalue weighted by Crippen LogP contribution is 2.40. The van der Waals surface area contributed by atoms with E-state index in [1.54, 1.807) is 41.6 Å². The molecule has 0 aromatic carbocycles. The summed E-state index contributed by atoms with van der Waals surface area (Å²) in [6.07, 6.45) is 4.39. The summed E-state index contributed by atoms with van der Waals surface area (Å²) < 4.78 is 0.785. The molecule has 0 fully saturated rings. The lowest BCUT2D eigenvalue weighted by Gasteiger charge is -2.20. The van der Waals surface area contributed by atoms with Crippen molar-refractivity contribution in [3.05, 3.63) is 39.8 Å². The summed E-state index contributed by atoms with van der Waals surface area (Å²) in [5.41, 5.74) is 6.19. The minimum Gasteiger partial charge on any atom is -0.326 e. The Bertz CT molecular complexity index is 489. The molecule has 0 saturated heterocycles. The van der Waals surface area contributed by atoms with Crippen LogP contribution in [-0.2, 0) is 0 Å². The Morgan fingerprint density at radius 2 is 2.11 bits per heavy atom. The molecule has 0 radical (unpaired) electrons. The minimum atomic E-state index is 0.0634. The van der Waals surface area contributed by atoms with Crippen LogP contribution in [0.2, 0.25) is 4.34 Å². The van der Waals surface area contributed by atoms with Gasteiger partial charge < -0.3 is 5.73 Å². The van der Waals surface area contributed by atoms with Crippen LogP contribution in [0, 0.1) is 0 Å². The molecule has 2 atom stereocenters. The lowest BCUT2D eigenvalue weighted by Crippen LogP contribution is -2.25. The van der Waals surface area contributed by atoms with Crippen LogP contribution in [-0.4, -0.2) is 16.0 Å². The molecule has 3 nitrogen and oxygen atoms in total. The van der Waals surface area contributed by atoms with E-state index in [2.05, 4.69) is 16.9 Å². The Morgan fingerprint density at radius 3 is 2.67 bits per heavy atom. The predicted molar refractivity (Wildman–Crippen MR) is 78.2 cm³/mol. The molecule has 0 aliphatic heterocycles. The first-order valence-electron chi connectivity index (χ1n) is 5.65. The summed E-state index contributed by atoms with van der Waals surface area (Å²) in [7, 11) is 0. The molecule has 0 saturated carbocycles. The van der Waals surface area contributed by atoms with E-state index in [4.69, 9.17) is 17.3 Å². The third kappa shape index (κ3) is 3.45. The van der Waals surface area contributed by atoms with Crippen molar-refractivity contribution in [2.75, 3.05) is 0 Å². The zero-order chi connectivity index (χ0) is 13.0. The molecule has 0 spiro atoms. The van der Waals surface area contributed by atoms with Crippen LogP contribution in [0.3, 0.4) is 0 Å². The zero-order valence-electron chi connectivity index (χ0n) is 9.91. The Morgan fingerprint density at radius 1 is 1.39 bits per heavy atom. The van der Waals surface area contributed by atoms with Crippen molar-refractivity contribution in [3.8, 4) is 0 Å². The number of nitrogens with two attached hydrogens (primary N) is 1. The quantitative estimate of drug-likeness (QED) is 0.674. The topological polar surface area (TPSA) is 51.8 Å². The summed E-state index contributed by atoms with van der Waals surface area (Å²) in [6, 6.07) is 5.81. The molecule has 2 aromatic rings. The van der Waals surface area contributed by atoms with E-state index in [0.29, 0.717) is 0 Å². The van der Waals surface area contributed by atoms with Crippen molar-refractivity contribution < 1.29 is 0 Å². The van der Waals surface area contributed by atoms with Crippen LogP contribution in [0.15, 0.2) is 35.7 Å². The fourth-order valence-corrected chi connectivity index (χ4v) is 3.95. The molecule has 0 aliphatic carbocycles. The summed E-state index contributed by atoms with van der Waals surface area (Å²) in [5.74, 6) is 0. The highest BCUT2D eigenvalue weighted by Gasteiger charge is 2.22. The van der Waals surface area contributed by atoms with Gasteiger partial charge in [0.1, 0.15) is 0 Å². The molecule has 18 heavy (non-hydrogen) atoms. The molecule has 2 aromatic heterocycles. The minimum absolute atomic E-state index is 0.0634. The lowest BCUT2D eigenvalue weighted by atomic mass is 10.1. The number of rotatable bonds is 5. The molecule has 6 heteroatoms. The summed E-state index contributed by atoms with van der Waals surface area (Å²) >= 11 is 9.15. The van der Waals surface area contributed by atoms with E-state index in [0.717, 1.165) is 15.9 Å². The highest BCUT2D eigenvalue weighted by atomic mass is 35.5. The maximum Gasteiger partial charge on any atom is 0.188 e. The van der Waals surface area contributed by atoms with E-state index >= 15 is 0 Å². The van der Waals surface area contributed by atoms with Gasteiger partial charge in [0.25, 0.3) is 0 Å². The van der Waals surface area contributed by atoms with Gasteiger partial charge in [-0.25, -0.2) is 9.97 Å². The Hall–Kier alpha value is -0.620. The van der Waals surface area contributed by atoms with Gasteiger partial charge in [-0.05, 0) is 24.6 Å². The van der Waals surface area contributed by atoms with Crippen molar-refractivity contribution in [1.82, 2.24) is 9.97 Å². The van der Waals surface area contributed by atoms with E-state index in [9.17, 15) is 0 Å². The number of halogens is 1. The summed E-state index contributed by atoms with van der Waals surface area (Å²) in [6.45, 7) is 2.08. The number of aromatic nitrogens is 2. The van der Waals surface area contributed by atoms with Crippen molar-refractivity contribution in [3.63, 3.8) is 0 Å². The highest BCUT2D eigenvalue weighted by molar-refractivity contribution is 7.99. The van der Waals surface area contributed by atoms with Crippen LogP contribution in [0.5, 0.6) is 0 Å². The lowest BCUT2D eigenvalue weighted by molar-refractivity contribution is 0.638. The molecule has 0 aliphatic rings. The summed E-state index contributed by atoms with van der Waals surface area (Å²) in [4.78, 5) is 9.64. The van der Waals surface area contributed by atoms with Crippen LogP contribution < -0.4 is 5.73 Å². The standard InChI is InChI=1S/C12H14ClN3S2/c1-2-8(14)11(9-4-5-10(13)17-9)18-12-15-6-3-7-16-12/h3-8,11H,2,14H2,1H3. The van der Waals surface area contributed by atoms with Crippen LogP contribution in [0.4, 0.5) is 0 Å². The fraction of sp³-hybridized carbons (Fsp3) is 0.333. The third-order valence-corrected chi connectivity index (χ3v) is 5.25. The van der Waals surface area contributed by atoms with E-state index in [1.807, 2.05) is 12.1 Å². The van der Waals surface area contributed by atoms with Crippen molar-refractivity contribution in [1.29, 1.82) is 0 Å². The molecule has 96 valence electrons. The van der Waals surface area contributed by atoms with Crippen molar-refractivity contribution >= 4 is 34.7 Å². The van der Waals surface area contributed by atoms with Gasteiger partial charge in [-0.15, -0.1) is 11.3 Å². The molecule has 2 rings (SSSR count). The first kappa shape index (κ1) is 13.8.